The summed E-state index contributed by atoms with van der Waals surface area (Å²) in [6, 6.07) is 17.2. The number of pyridine rings is 1. The standard InChI is InChI=1S/C25H30N6/c1-16-11-24-23(30(16)15-18-7-5-4-6-8-18)14-22(25-28-27-17(2)31(24)25)26-19-12-20-9-10-21(13-19)29(20)3/h4-8,11,14,19-21,26H,9-10,12-13,15H2,1-3H3/t19-,20+,21-. The minimum Gasteiger partial charge on any atom is -0.379 e. The maximum absolute atomic E-state index is 4.56. The molecule has 4 aromatic rings. The number of piperidine rings is 1. The van der Waals surface area contributed by atoms with Crippen molar-refractivity contribution in [3.8, 4) is 0 Å². The molecule has 0 amide bonds. The van der Waals surface area contributed by atoms with Gasteiger partial charge >= 0.3 is 0 Å². The first kappa shape index (κ1) is 18.9. The van der Waals surface area contributed by atoms with E-state index in [1.54, 1.807) is 0 Å². The van der Waals surface area contributed by atoms with E-state index in [1.807, 2.05) is 6.92 Å². The van der Waals surface area contributed by atoms with Gasteiger partial charge in [0.25, 0.3) is 0 Å². The fraction of sp³-hybridized carbons (Fsp3) is 0.440. The second-order valence-electron chi connectivity index (χ2n) is 9.46. The molecule has 3 aromatic heterocycles. The molecule has 2 aliphatic heterocycles. The zero-order valence-electron chi connectivity index (χ0n) is 18.5. The minimum atomic E-state index is 0.491. The molecule has 2 fully saturated rings. The van der Waals surface area contributed by atoms with Crippen LogP contribution in [0.2, 0.25) is 0 Å². The van der Waals surface area contributed by atoms with E-state index in [2.05, 4.69) is 85.8 Å². The Labute approximate surface area is 182 Å². The first-order chi connectivity index (χ1) is 15.1. The van der Waals surface area contributed by atoms with Gasteiger partial charge in [-0.1, -0.05) is 30.3 Å². The van der Waals surface area contributed by atoms with Crippen molar-refractivity contribution in [1.82, 2.24) is 24.1 Å². The maximum atomic E-state index is 4.56. The van der Waals surface area contributed by atoms with Crippen LogP contribution in [-0.4, -0.2) is 49.2 Å². The van der Waals surface area contributed by atoms with Crippen molar-refractivity contribution in [3.63, 3.8) is 0 Å². The van der Waals surface area contributed by atoms with E-state index in [-0.39, 0.29) is 0 Å². The lowest BCUT2D eigenvalue weighted by Crippen LogP contribution is -2.44. The topological polar surface area (TPSA) is 50.4 Å². The Kier molecular flexibility index (Phi) is 4.32. The molecule has 0 aliphatic carbocycles. The van der Waals surface area contributed by atoms with Crippen LogP contribution < -0.4 is 5.32 Å². The summed E-state index contributed by atoms with van der Waals surface area (Å²) >= 11 is 0. The summed E-state index contributed by atoms with van der Waals surface area (Å²) in [6.45, 7) is 5.10. The summed E-state index contributed by atoms with van der Waals surface area (Å²) < 4.78 is 4.63. The van der Waals surface area contributed by atoms with Gasteiger partial charge in [-0.2, -0.15) is 0 Å². The summed E-state index contributed by atoms with van der Waals surface area (Å²) in [6.07, 6.45) is 5.07. The van der Waals surface area contributed by atoms with Crippen molar-refractivity contribution in [2.45, 2.75) is 64.2 Å². The second-order valence-corrected chi connectivity index (χ2v) is 9.46. The van der Waals surface area contributed by atoms with Crippen LogP contribution in [0, 0.1) is 13.8 Å². The number of hydrogen-bond acceptors (Lipinski definition) is 4. The first-order valence-corrected chi connectivity index (χ1v) is 11.5. The van der Waals surface area contributed by atoms with E-state index in [9.17, 15) is 0 Å². The van der Waals surface area contributed by atoms with Crippen molar-refractivity contribution in [1.29, 1.82) is 0 Å². The van der Waals surface area contributed by atoms with Gasteiger partial charge in [0, 0.05) is 30.4 Å². The SMILES string of the molecule is Cc1cc2c(cc(N[C@H]3C[C@H]4CC[C@@H](C3)N4C)c3nnc(C)n32)n1Cc1ccccc1. The fourth-order valence-corrected chi connectivity index (χ4v) is 5.87. The van der Waals surface area contributed by atoms with E-state index >= 15 is 0 Å². The van der Waals surface area contributed by atoms with Crippen LogP contribution in [0.1, 0.15) is 42.8 Å². The van der Waals surface area contributed by atoms with E-state index in [0.717, 1.165) is 23.7 Å². The fourth-order valence-electron chi connectivity index (χ4n) is 5.87. The molecule has 3 atom stereocenters. The molecule has 6 rings (SSSR count). The van der Waals surface area contributed by atoms with Crippen molar-refractivity contribution in [2.75, 3.05) is 12.4 Å². The molecule has 0 spiro atoms. The lowest BCUT2D eigenvalue weighted by atomic mass is 9.98. The van der Waals surface area contributed by atoms with Crippen molar-refractivity contribution < 1.29 is 0 Å². The molecule has 160 valence electrons. The number of hydrogen-bond donors (Lipinski definition) is 1. The number of anilines is 1. The number of aromatic nitrogens is 4. The quantitative estimate of drug-likeness (QED) is 0.538. The molecule has 0 radical (unpaired) electrons. The highest BCUT2D eigenvalue weighted by atomic mass is 15.3. The first-order valence-electron chi connectivity index (χ1n) is 11.5. The largest absolute Gasteiger partial charge is 0.379 e. The Morgan fingerprint density at radius 3 is 2.45 bits per heavy atom. The number of nitrogens with one attached hydrogen (secondary N) is 1. The van der Waals surface area contributed by atoms with E-state index in [0.29, 0.717) is 18.1 Å². The highest BCUT2D eigenvalue weighted by Crippen LogP contribution is 2.36. The van der Waals surface area contributed by atoms with Crippen molar-refractivity contribution in [2.24, 2.45) is 0 Å². The van der Waals surface area contributed by atoms with Gasteiger partial charge in [0.15, 0.2) is 5.65 Å². The summed E-state index contributed by atoms with van der Waals surface area (Å²) in [7, 11) is 2.30. The third-order valence-electron chi connectivity index (χ3n) is 7.55. The number of nitrogens with zero attached hydrogens (tertiary/aromatic N) is 5. The Hall–Kier alpha value is -2.86. The molecule has 0 unspecified atom stereocenters. The monoisotopic (exact) mass is 414 g/mol. The molecular weight excluding hydrogens is 384 g/mol. The van der Waals surface area contributed by atoms with Gasteiger partial charge in [0.1, 0.15) is 5.82 Å². The molecule has 0 saturated carbocycles. The van der Waals surface area contributed by atoms with Crippen LogP contribution in [0.3, 0.4) is 0 Å². The predicted octanol–water partition coefficient (Wildman–Crippen LogP) is 4.39. The summed E-state index contributed by atoms with van der Waals surface area (Å²) in [4.78, 5) is 2.59. The zero-order valence-corrected chi connectivity index (χ0v) is 18.5. The number of fused-ring (bicyclic) bond motifs is 5. The Balaban J connectivity index is 1.44. The molecule has 31 heavy (non-hydrogen) atoms. The molecule has 1 aromatic carbocycles. The van der Waals surface area contributed by atoms with Gasteiger partial charge < -0.3 is 14.8 Å². The van der Waals surface area contributed by atoms with Crippen molar-refractivity contribution in [3.05, 3.63) is 59.5 Å². The van der Waals surface area contributed by atoms with Gasteiger partial charge in [-0.05, 0) is 64.3 Å². The lowest BCUT2D eigenvalue weighted by Gasteiger charge is -2.37. The normalized spacial score (nSPS) is 23.8. The average Bonchev–Trinajstić information content (AvgIpc) is 3.35. The van der Waals surface area contributed by atoms with E-state index in [1.165, 1.54) is 48.0 Å². The van der Waals surface area contributed by atoms with Gasteiger partial charge in [-0.25, -0.2) is 0 Å². The minimum absolute atomic E-state index is 0.491. The predicted molar refractivity (Wildman–Crippen MR) is 125 cm³/mol. The number of benzene rings is 1. The highest BCUT2D eigenvalue weighted by molar-refractivity contribution is 5.88. The van der Waals surface area contributed by atoms with Gasteiger partial charge in [-0.15, -0.1) is 10.2 Å². The van der Waals surface area contributed by atoms with Gasteiger partial charge in [0.2, 0.25) is 0 Å². The van der Waals surface area contributed by atoms with Crippen LogP contribution in [0.25, 0.3) is 16.7 Å². The van der Waals surface area contributed by atoms with Crippen LogP contribution in [0.4, 0.5) is 5.69 Å². The molecule has 2 aliphatic rings. The molecule has 2 saturated heterocycles. The Bertz CT molecular complexity index is 1240. The molecule has 1 N–H and O–H groups in total. The number of rotatable bonds is 4. The maximum Gasteiger partial charge on any atom is 0.184 e. The number of aryl methyl sites for hydroxylation is 2. The van der Waals surface area contributed by atoms with Crippen LogP contribution in [0.15, 0.2) is 42.5 Å². The molecule has 5 heterocycles. The van der Waals surface area contributed by atoms with E-state index in [4.69, 9.17) is 0 Å². The van der Waals surface area contributed by atoms with E-state index < -0.39 is 0 Å². The highest BCUT2D eigenvalue weighted by Gasteiger charge is 2.38. The van der Waals surface area contributed by atoms with Crippen molar-refractivity contribution >= 4 is 22.4 Å². The smallest absolute Gasteiger partial charge is 0.184 e. The molecule has 6 nitrogen and oxygen atoms in total. The third-order valence-corrected chi connectivity index (χ3v) is 7.55. The zero-order chi connectivity index (χ0) is 21.1. The molecule has 2 bridgehead atoms. The van der Waals surface area contributed by atoms with Crippen LogP contribution in [-0.2, 0) is 6.54 Å². The summed E-state index contributed by atoms with van der Waals surface area (Å²) in [5.74, 6) is 0.934. The molecular formula is C25H30N6. The Morgan fingerprint density at radius 1 is 0.968 bits per heavy atom. The van der Waals surface area contributed by atoms with Gasteiger partial charge in [0.05, 0.1) is 16.7 Å². The average molecular weight is 415 g/mol. The van der Waals surface area contributed by atoms with Crippen LogP contribution >= 0.6 is 0 Å². The lowest BCUT2D eigenvalue weighted by molar-refractivity contribution is 0.169. The third kappa shape index (κ3) is 3.04. The summed E-state index contributed by atoms with van der Waals surface area (Å²) in [5, 5.41) is 12.9. The van der Waals surface area contributed by atoms with Gasteiger partial charge in [-0.3, -0.25) is 4.40 Å². The second kappa shape index (κ2) is 7.09. The van der Waals surface area contributed by atoms with Crippen LogP contribution in [0.5, 0.6) is 0 Å². The summed E-state index contributed by atoms with van der Waals surface area (Å²) in [5.41, 5.74) is 7.02. The Morgan fingerprint density at radius 2 is 1.71 bits per heavy atom. The molecule has 6 heteroatoms.